The summed E-state index contributed by atoms with van der Waals surface area (Å²) in [5, 5.41) is 17.7. The third-order valence-corrected chi connectivity index (χ3v) is 3.92. The molecule has 0 unspecified atom stereocenters. The molecule has 0 saturated heterocycles. The number of nitrogens with zero attached hydrogens (tertiary/aromatic N) is 6. The van der Waals surface area contributed by atoms with Crippen LogP contribution in [0.15, 0.2) is 27.6 Å². The molecule has 98 valence electrons. The average Bonchev–Trinajstić information content (AvgIpc) is 2.99. The van der Waals surface area contributed by atoms with E-state index in [0.717, 1.165) is 33.7 Å². The number of aryl methyl sites for hydroxylation is 2. The Labute approximate surface area is 115 Å². The molecule has 1 aliphatic rings. The molecule has 0 atom stereocenters. The van der Waals surface area contributed by atoms with Crippen LogP contribution in [0, 0.1) is 6.92 Å². The molecule has 0 amide bonds. The first-order chi connectivity index (χ1) is 9.17. The predicted octanol–water partition coefficient (Wildman–Crippen LogP) is 2.17. The van der Waals surface area contributed by atoms with Crippen molar-refractivity contribution < 1.29 is 0 Å². The van der Waals surface area contributed by atoms with Crippen molar-refractivity contribution in [2.75, 3.05) is 0 Å². The highest BCUT2D eigenvalue weighted by Gasteiger charge is 2.19. The van der Waals surface area contributed by atoms with Crippen LogP contribution < -0.4 is 0 Å². The highest BCUT2D eigenvalue weighted by Crippen LogP contribution is 2.32. The van der Waals surface area contributed by atoms with Crippen LogP contribution in [0.3, 0.4) is 0 Å². The Morgan fingerprint density at radius 2 is 2.16 bits per heavy atom. The maximum absolute atomic E-state index is 4.50. The fourth-order valence-electron chi connectivity index (χ4n) is 1.80. The third kappa shape index (κ3) is 2.21. The van der Waals surface area contributed by atoms with Gasteiger partial charge < -0.3 is 0 Å². The van der Waals surface area contributed by atoms with Crippen LogP contribution in [0.25, 0.3) is 6.08 Å². The highest BCUT2D eigenvalue weighted by molar-refractivity contribution is 8.04. The predicted molar refractivity (Wildman–Crippen MR) is 75.0 cm³/mol. The second-order valence-corrected chi connectivity index (χ2v) is 5.28. The first-order valence-corrected chi connectivity index (χ1v) is 6.89. The van der Waals surface area contributed by atoms with Gasteiger partial charge in [0.2, 0.25) is 5.16 Å². The molecule has 3 rings (SSSR count). The molecular weight excluding hydrogens is 260 g/mol. The van der Waals surface area contributed by atoms with Crippen molar-refractivity contribution in [3.05, 3.63) is 28.7 Å². The number of allylic oxidation sites excluding steroid dienone is 1. The van der Waals surface area contributed by atoms with E-state index >= 15 is 0 Å². The Morgan fingerprint density at radius 3 is 2.89 bits per heavy atom. The van der Waals surface area contributed by atoms with E-state index in [9.17, 15) is 0 Å². The standard InChI is InChI=1S/C12H14N6S/c1-4-17-7-10(6-13-17)5-11-8(2)16-18-9(3)14-15-12(18)19-11/h5-7H,4H2,1-3H3/b11-5+. The van der Waals surface area contributed by atoms with Crippen LogP contribution in [0.2, 0.25) is 0 Å². The van der Waals surface area contributed by atoms with Gasteiger partial charge in [0.1, 0.15) is 0 Å². The van der Waals surface area contributed by atoms with E-state index in [2.05, 4.69) is 33.4 Å². The molecule has 0 spiro atoms. The highest BCUT2D eigenvalue weighted by atomic mass is 32.2. The second kappa shape index (κ2) is 4.65. The molecule has 0 N–H and O–H groups in total. The molecule has 0 bridgehead atoms. The summed E-state index contributed by atoms with van der Waals surface area (Å²) in [6, 6.07) is 0. The minimum absolute atomic E-state index is 0.803. The van der Waals surface area contributed by atoms with E-state index in [4.69, 9.17) is 0 Å². The van der Waals surface area contributed by atoms with E-state index in [1.54, 1.807) is 16.4 Å². The first-order valence-electron chi connectivity index (χ1n) is 6.07. The van der Waals surface area contributed by atoms with Gasteiger partial charge in [-0.2, -0.15) is 14.9 Å². The zero-order valence-corrected chi connectivity index (χ0v) is 11.8. The van der Waals surface area contributed by atoms with E-state index in [1.807, 2.05) is 30.9 Å². The Hall–Kier alpha value is -1.89. The molecule has 0 fully saturated rings. The lowest BCUT2D eigenvalue weighted by Gasteiger charge is -2.12. The molecule has 2 aromatic heterocycles. The van der Waals surface area contributed by atoms with Crippen LogP contribution in [0.5, 0.6) is 0 Å². The van der Waals surface area contributed by atoms with Gasteiger partial charge in [-0.25, -0.2) is 0 Å². The van der Waals surface area contributed by atoms with Gasteiger partial charge in [-0.05, 0) is 38.6 Å². The normalized spacial score (nSPS) is 16.6. The van der Waals surface area contributed by atoms with Crippen molar-refractivity contribution in [2.24, 2.45) is 5.10 Å². The van der Waals surface area contributed by atoms with Crippen molar-refractivity contribution in [3.8, 4) is 0 Å². The van der Waals surface area contributed by atoms with E-state index in [1.165, 1.54) is 0 Å². The van der Waals surface area contributed by atoms with Crippen LogP contribution in [-0.4, -0.2) is 30.4 Å². The fourth-order valence-corrected chi connectivity index (χ4v) is 2.72. The smallest absolute Gasteiger partial charge is 0.216 e. The summed E-state index contributed by atoms with van der Waals surface area (Å²) in [5.41, 5.74) is 2.04. The van der Waals surface area contributed by atoms with Gasteiger partial charge in [-0.1, -0.05) is 0 Å². The summed E-state index contributed by atoms with van der Waals surface area (Å²) in [6.07, 6.45) is 5.95. The van der Waals surface area contributed by atoms with Crippen LogP contribution >= 0.6 is 11.8 Å². The minimum atomic E-state index is 0.803. The third-order valence-electron chi connectivity index (χ3n) is 2.85. The molecular formula is C12H14N6S. The van der Waals surface area contributed by atoms with Gasteiger partial charge in [0.25, 0.3) is 0 Å². The summed E-state index contributed by atoms with van der Waals surface area (Å²) in [5.74, 6) is 0.805. The Kier molecular flexibility index (Phi) is 2.98. The summed E-state index contributed by atoms with van der Waals surface area (Å²) in [4.78, 5) is 1.08. The largest absolute Gasteiger partial charge is 0.272 e. The zero-order valence-electron chi connectivity index (χ0n) is 11.0. The van der Waals surface area contributed by atoms with Crippen molar-refractivity contribution in [1.29, 1.82) is 0 Å². The van der Waals surface area contributed by atoms with Crippen molar-refractivity contribution in [3.63, 3.8) is 0 Å². The molecule has 0 saturated carbocycles. The molecule has 3 heterocycles. The van der Waals surface area contributed by atoms with Gasteiger partial charge in [0.05, 0.1) is 11.9 Å². The Morgan fingerprint density at radius 1 is 1.32 bits per heavy atom. The zero-order chi connectivity index (χ0) is 13.4. The van der Waals surface area contributed by atoms with E-state index < -0.39 is 0 Å². The number of thioether (sulfide) groups is 1. The van der Waals surface area contributed by atoms with Crippen molar-refractivity contribution in [1.82, 2.24) is 24.7 Å². The molecule has 1 aliphatic heterocycles. The molecule has 19 heavy (non-hydrogen) atoms. The van der Waals surface area contributed by atoms with E-state index in [-0.39, 0.29) is 0 Å². The molecule has 2 aromatic rings. The average molecular weight is 274 g/mol. The van der Waals surface area contributed by atoms with Crippen molar-refractivity contribution in [2.45, 2.75) is 32.5 Å². The lowest BCUT2D eigenvalue weighted by atomic mass is 10.3. The molecule has 7 heteroatoms. The molecule has 0 aliphatic carbocycles. The number of fused-ring (bicyclic) bond motifs is 1. The fraction of sp³-hybridized carbons (Fsp3) is 0.333. The summed E-state index contributed by atoms with van der Waals surface area (Å²) < 4.78 is 3.67. The molecule has 0 aromatic carbocycles. The first kappa shape index (κ1) is 12.2. The Bertz CT molecular complexity index is 678. The van der Waals surface area contributed by atoms with Crippen LogP contribution in [0.4, 0.5) is 0 Å². The molecule has 6 nitrogen and oxygen atoms in total. The van der Waals surface area contributed by atoms with Gasteiger partial charge in [-0.3, -0.25) is 4.68 Å². The van der Waals surface area contributed by atoms with Gasteiger partial charge in [0.15, 0.2) is 5.82 Å². The van der Waals surface area contributed by atoms with Crippen molar-refractivity contribution >= 4 is 23.5 Å². The summed E-state index contributed by atoms with van der Waals surface area (Å²) in [7, 11) is 0. The SMILES string of the molecule is CCn1cc(/C=C2/Sc3nnc(C)n3N=C2C)cn1. The van der Waals surface area contributed by atoms with E-state index in [0.29, 0.717) is 0 Å². The van der Waals surface area contributed by atoms with Crippen LogP contribution in [-0.2, 0) is 6.54 Å². The summed E-state index contributed by atoms with van der Waals surface area (Å²) >= 11 is 1.58. The number of aromatic nitrogens is 5. The number of rotatable bonds is 2. The Balaban J connectivity index is 1.95. The van der Waals surface area contributed by atoms with Gasteiger partial charge in [-0.15, -0.1) is 10.2 Å². The minimum Gasteiger partial charge on any atom is -0.272 e. The molecule has 0 radical (unpaired) electrons. The lowest BCUT2D eigenvalue weighted by Crippen LogP contribution is -2.07. The van der Waals surface area contributed by atoms with Gasteiger partial charge in [0, 0.05) is 23.2 Å². The monoisotopic (exact) mass is 274 g/mol. The van der Waals surface area contributed by atoms with Crippen LogP contribution in [0.1, 0.15) is 25.2 Å². The quantitative estimate of drug-likeness (QED) is 0.842. The maximum Gasteiger partial charge on any atom is 0.216 e. The number of hydrogen-bond acceptors (Lipinski definition) is 5. The second-order valence-electron chi connectivity index (χ2n) is 4.27. The van der Waals surface area contributed by atoms with Gasteiger partial charge >= 0.3 is 0 Å². The summed E-state index contributed by atoms with van der Waals surface area (Å²) in [6.45, 7) is 6.83. The number of hydrogen-bond donors (Lipinski definition) is 0. The maximum atomic E-state index is 4.50. The topological polar surface area (TPSA) is 60.9 Å². The lowest BCUT2D eigenvalue weighted by molar-refractivity contribution is 0.660.